The lowest BCUT2D eigenvalue weighted by Gasteiger charge is -2.13. The summed E-state index contributed by atoms with van der Waals surface area (Å²) in [7, 11) is -3.76. The molecule has 3 rings (SSSR count). The average Bonchev–Trinajstić information content (AvgIpc) is 3.22. The van der Waals surface area contributed by atoms with Gasteiger partial charge in [0.2, 0.25) is 0 Å². The Kier molecular flexibility index (Phi) is 5.98. The fourth-order valence-electron chi connectivity index (χ4n) is 2.26. The molecule has 0 aliphatic heterocycles. The van der Waals surface area contributed by atoms with E-state index in [0.717, 1.165) is 4.47 Å². The quantitative estimate of drug-likeness (QED) is 0.465. The Morgan fingerprint density at radius 3 is 2.46 bits per heavy atom. The molecule has 1 aromatic heterocycles. The molecule has 0 fully saturated rings. The van der Waals surface area contributed by atoms with E-state index in [4.69, 9.17) is 4.42 Å². The van der Waals surface area contributed by atoms with Crippen molar-refractivity contribution in [2.24, 2.45) is 0 Å². The van der Waals surface area contributed by atoms with E-state index in [-0.39, 0.29) is 10.7 Å². The molecule has 1 heterocycles. The maximum absolute atomic E-state index is 12.3. The first kappa shape index (κ1) is 19.9. The highest BCUT2D eigenvalue weighted by Gasteiger charge is 2.14. The van der Waals surface area contributed by atoms with Crippen molar-refractivity contribution in [2.75, 3.05) is 5.32 Å². The van der Waals surface area contributed by atoms with Crippen LogP contribution < -0.4 is 15.6 Å². The second-order valence-electron chi connectivity index (χ2n) is 5.68. The summed E-state index contributed by atoms with van der Waals surface area (Å²) in [4.78, 5) is 14.4. The summed E-state index contributed by atoms with van der Waals surface area (Å²) in [6, 6.07) is 16.2. The van der Waals surface area contributed by atoms with Crippen LogP contribution in [0, 0.1) is 0 Å². The number of carbonyl (C=O) groups is 1. The number of sulfonamides is 1. The average molecular weight is 462 g/mol. The topological polar surface area (TPSA) is 100 Å². The van der Waals surface area contributed by atoms with Gasteiger partial charge in [0.1, 0.15) is 0 Å². The minimum atomic E-state index is -3.76. The lowest BCUT2D eigenvalue weighted by Crippen LogP contribution is -2.35. The molecule has 0 saturated carbocycles. The fraction of sp³-hybridized carbons (Fsp3) is 0. The zero-order chi connectivity index (χ0) is 20.1. The van der Waals surface area contributed by atoms with E-state index < -0.39 is 15.9 Å². The Morgan fingerprint density at radius 1 is 1.04 bits per heavy atom. The van der Waals surface area contributed by atoms with Crippen molar-refractivity contribution in [1.29, 1.82) is 0 Å². The molecule has 28 heavy (non-hydrogen) atoms. The highest BCUT2D eigenvalue weighted by molar-refractivity contribution is 9.10. The van der Waals surface area contributed by atoms with Crippen LogP contribution in [-0.2, 0) is 10.0 Å². The van der Waals surface area contributed by atoms with E-state index in [9.17, 15) is 13.2 Å². The van der Waals surface area contributed by atoms with E-state index in [0.29, 0.717) is 16.9 Å². The van der Waals surface area contributed by atoms with Gasteiger partial charge in [-0.1, -0.05) is 34.6 Å². The van der Waals surface area contributed by atoms with Crippen LogP contribution in [0.5, 0.6) is 0 Å². The van der Waals surface area contributed by atoms with Gasteiger partial charge in [-0.3, -0.25) is 4.79 Å². The molecule has 0 aliphatic carbocycles. The zero-order valence-corrected chi connectivity index (χ0v) is 16.9. The normalized spacial score (nSPS) is 11.0. The van der Waals surface area contributed by atoms with Gasteiger partial charge in [0.05, 0.1) is 11.2 Å². The number of halogens is 1. The summed E-state index contributed by atoms with van der Waals surface area (Å²) in [6.07, 6.45) is 1.41. The highest BCUT2D eigenvalue weighted by atomic mass is 79.9. The van der Waals surface area contributed by atoms with Gasteiger partial charge in [-0.2, -0.15) is 0 Å². The van der Waals surface area contributed by atoms with Crippen LogP contribution in [0.2, 0.25) is 0 Å². The molecule has 7 nitrogen and oxygen atoms in total. The van der Waals surface area contributed by atoms with E-state index in [1.165, 1.54) is 18.4 Å². The standard InChI is InChI=1S/C19H16BrN3O4S/c1-13(22-23-28(25,26)17-9-7-15(20)8-10-17)14-4-2-5-16(12-14)21-19(24)18-6-3-11-27-18/h2-12,22-23H,1H2,(H,21,24). The van der Waals surface area contributed by atoms with E-state index in [1.807, 2.05) is 0 Å². The number of furan rings is 1. The van der Waals surface area contributed by atoms with Crippen LogP contribution in [0.4, 0.5) is 5.69 Å². The predicted octanol–water partition coefficient (Wildman–Crippen LogP) is 3.75. The van der Waals surface area contributed by atoms with Gasteiger partial charge in [-0.05, 0) is 48.5 Å². The first-order valence-corrected chi connectivity index (χ1v) is 10.3. The van der Waals surface area contributed by atoms with Crippen LogP contribution in [0.15, 0.2) is 87.3 Å². The van der Waals surface area contributed by atoms with E-state index >= 15 is 0 Å². The molecule has 1 amide bonds. The number of rotatable bonds is 7. The number of anilines is 1. The van der Waals surface area contributed by atoms with Crippen molar-refractivity contribution >= 4 is 43.2 Å². The molecular weight excluding hydrogens is 446 g/mol. The van der Waals surface area contributed by atoms with Crippen LogP contribution in [0.25, 0.3) is 5.70 Å². The summed E-state index contributed by atoms with van der Waals surface area (Å²) in [5, 5.41) is 2.70. The summed E-state index contributed by atoms with van der Waals surface area (Å²) in [5.41, 5.74) is 4.00. The second-order valence-corrected chi connectivity index (χ2v) is 8.27. The maximum atomic E-state index is 12.3. The maximum Gasteiger partial charge on any atom is 0.291 e. The van der Waals surface area contributed by atoms with Crippen molar-refractivity contribution in [3.8, 4) is 0 Å². The molecule has 0 radical (unpaired) electrons. The Morgan fingerprint density at radius 2 is 1.79 bits per heavy atom. The zero-order valence-electron chi connectivity index (χ0n) is 14.5. The summed E-state index contributed by atoms with van der Waals surface area (Å²) in [6.45, 7) is 3.83. The SMILES string of the molecule is C=C(NNS(=O)(=O)c1ccc(Br)cc1)c1cccc(NC(=O)c2ccco2)c1. The van der Waals surface area contributed by atoms with Crippen molar-refractivity contribution in [3.63, 3.8) is 0 Å². The van der Waals surface area contributed by atoms with Crippen molar-refractivity contribution < 1.29 is 17.6 Å². The summed E-state index contributed by atoms with van der Waals surface area (Å²) < 4.78 is 30.5. The lowest BCUT2D eigenvalue weighted by atomic mass is 10.1. The van der Waals surface area contributed by atoms with Crippen LogP contribution in [0.1, 0.15) is 16.1 Å². The third-order valence-electron chi connectivity index (χ3n) is 3.67. The first-order chi connectivity index (χ1) is 13.3. The molecule has 0 bridgehead atoms. The number of carbonyl (C=O) groups excluding carboxylic acids is 1. The van der Waals surface area contributed by atoms with Gasteiger partial charge < -0.3 is 15.2 Å². The largest absolute Gasteiger partial charge is 0.459 e. The molecule has 0 aliphatic rings. The van der Waals surface area contributed by atoms with Gasteiger partial charge in [-0.15, -0.1) is 4.83 Å². The molecular formula is C19H16BrN3O4S. The number of amides is 1. The van der Waals surface area contributed by atoms with Gasteiger partial charge >= 0.3 is 0 Å². The molecule has 0 unspecified atom stereocenters. The first-order valence-electron chi connectivity index (χ1n) is 8.03. The Labute approximate surface area is 170 Å². The van der Waals surface area contributed by atoms with Crippen LogP contribution in [-0.4, -0.2) is 14.3 Å². The Hall–Kier alpha value is -2.88. The van der Waals surface area contributed by atoms with Gasteiger partial charge in [0, 0.05) is 21.4 Å². The summed E-state index contributed by atoms with van der Waals surface area (Å²) in [5.74, 6) is -0.207. The molecule has 0 atom stereocenters. The molecule has 0 spiro atoms. The van der Waals surface area contributed by atoms with E-state index in [2.05, 4.69) is 38.1 Å². The Balaban J connectivity index is 1.66. The van der Waals surface area contributed by atoms with E-state index in [1.54, 1.807) is 48.5 Å². The fourth-order valence-corrected chi connectivity index (χ4v) is 3.39. The lowest BCUT2D eigenvalue weighted by molar-refractivity contribution is 0.0996. The highest BCUT2D eigenvalue weighted by Crippen LogP contribution is 2.18. The molecule has 2 aromatic carbocycles. The number of nitrogens with one attached hydrogen (secondary N) is 3. The van der Waals surface area contributed by atoms with Gasteiger partial charge in [-0.25, -0.2) is 8.42 Å². The number of hydrogen-bond acceptors (Lipinski definition) is 5. The van der Waals surface area contributed by atoms with Crippen molar-refractivity contribution in [3.05, 3.63) is 89.3 Å². The number of hydrazine groups is 1. The second kappa shape index (κ2) is 8.42. The van der Waals surface area contributed by atoms with Gasteiger partial charge in [0.15, 0.2) is 5.76 Å². The molecule has 3 aromatic rings. The predicted molar refractivity (Wildman–Crippen MR) is 110 cm³/mol. The van der Waals surface area contributed by atoms with Crippen molar-refractivity contribution in [2.45, 2.75) is 4.90 Å². The van der Waals surface area contributed by atoms with Crippen molar-refractivity contribution in [1.82, 2.24) is 10.3 Å². The smallest absolute Gasteiger partial charge is 0.291 e. The molecule has 0 saturated heterocycles. The van der Waals surface area contributed by atoms with Crippen LogP contribution in [0.3, 0.4) is 0 Å². The molecule has 3 N–H and O–H groups in total. The monoisotopic (exact) mass is 461 g/mol. The number of benzene rings is 2. The summed E-state index contributed by atoms with van der Waals surface area (Å²) >= 11 is 3.26. The minimum absolute atomic E-state index is 0.107. The third-order valence-corrected chi connectivity index (χ3v) is 5.47. The number of hydrogen-bond donors (Lipinski definition) is 3. The Bertz CT molecular complexity index is 1090. The van der Waals surface area contributed by atoms with Crippen LogP contribution >= 0.6 is 15.9 Å². The third kappa shape index (κ3) is 4.89. The molecule has 9 heteroatoms. The minimum Gasteiger partial charge on any atom is -0.459 e. The van der Waals surface area contributed by atoms with Gasteiger partial charge in [0.25, 0.3) is 15.9 Å². The molecule has 144 valence electrons.